The van der Waals surface area contributed by atoms with Crippen molar-refractivity contribution in [1.29, 1.82) is 0 Å². The van der Waals surface area contributed by atoms with Gasteiger partial charge in [-0.15, -0.1) is 0 Å². The third kappa shape index (κ3) is 14.7. The average molecular weight is 832 g/mol. The lowest BCUT2D eigenvalue weighted by molar-refractivity contribution is -0.141. The third-order valence-electron chi connectivity index (χ3n) is 9.51. The molecule has 1 N–H and O–H groups in total. The molecular formula is C38H59BrN6O6Si2. The van der Waals surface area contributed by atoms with Crippen molar-refractivity contribution < 1.29 is 27.9 Å². The number of rotatable bonds is 13. The quantitative estimate of drug-likeness (QED) is 0.0788. The predicted molar refractivity (Wildman–Crippen MR) is 218 cm³/mol. The van der Waals surface area contributed by atoms with Crippen molar-refractivity contribution >= 4 is 44.5 Å². The highest BCUT2D eigenvalue weighted by Gasteiger charge is 2.38. The van der Waals surface area contributed by atoms with Crippen LogP contribution in [0.4, 0.5) is 0 Å². The molecule has 0 aliphatic carbocycles. The van der Waals surface area contributed by atoms with Crippen molar-refractivity contribution in [3.63, 3.8) is 0 Å². The van der Waals surface area contributed by atoms with Crippen molar-refractivity contribution in [1.82, 2.24) is 29.9 Å². The van der Waals surface area contributed by atoms with Crippen LogP contribution in [-0.2, 0) is 47.7 Å². The minimum absolute atomic E-state index is 0.158. The first-order valence-electron chi connectivity index (χ1n) is 17.6. The van der Waals surface area contributed by atoms with Crippen LogP contribution in [0, 0.1) is 0 Å². The topological polar surface area (TPSA) is 143 Å². The lowest BCUT2D eigenvalue weighted by atomic mass is 10.1. The molecule has 0 fully saturated rings. The smallest absolute Gasteiger partial charge is 0.307 e. The van der Waals surface area contributed by atoms with Crippen LogP contribution >= 0.6 is 15.9 Å². The molecule has 0 spiro atoms. The molecule has 0 saturated carbocycles. The number of hydrogen-bond acceptors (Lipinski definition) is 10. The van der Waals surface area contributed by atoms with Gasteiger partial charge in [0.2, 0.25) is 0 Å². The number of pyridine rings is 2. The minimum Gasteiger partial charge on any atom is -0.469 e. The normalized spacial score (nSPS) is 11.9. The summed E-state index contributed by atoms with van der Waals surface area (Å²) in [5, 5.41) is 12.5. The number of methoxy groups -OCH3 is 2. The fourth-order valence-corrected chi connectivity index (χ4v) is 6.24. The fraction of sp³-hybridized carbons (Fsp3) is 0.526. The summed E-state index contributed by atoms with van der Waals surface area (Å²) < 4.78 is 23.4. The lowest BCUT2D eigenvalue weighted by Crippen LogP contribution is -2.40. The summed E-state index contributed by atoms with van der Waals surface area (Å²) in [6.07, 6.45) is 7.90. The van der Waals surface area contributed by atoms with Gasteiger partial charge in [0.15, 0.2) is 16.6 Å². The molecule has 4 heterocycles. The van der Waals surface area contributed by atoms with Crippen LogP contribution in [0.5, 0.6) is 0 Å². The Kier molecular flexibility index (Phi) is 17.9. The van der Waals surface area contributed by atoms with Crippen LogP contribution in [-0.4, -0.2) is 78.1 Å². The van der Waals surface area contributed by atoms with E-state index in [-0.39, 0.29) is 22.0 Å². The molecule has 0 atom stereocenters. The van der Waals surface area contributed by atoms with Crippen molar-refractivity contribution in [2.45, 2.75) is 110 Å². The molecule has 4 aromatic heterocycles. The first-order valence-corrected chi connectivity index (χ1v) is 24.6. The monoisotopic (exact) mass is 830 g/mol. The van der Waals surface area contributed by atoms with E-state index >= 15 is 0 Å². The molecule has 15 heteroatoms. The number of aromatic amines is 1. The summed E-state index contributed by atoms with van der Waals surface area (Å²) in [6.45, 7) is 24.0. The number of hydrogen-bond donors (Lipinski definition) is 1. The second-order valence-corrected chi connectivity index (χ2v) is 25.8. The van der Waals surface area contributed by atoms with Gasteiger partial charge >= 0.3 is 11.9 Å². The van der Waals surface area contributed by atoms with Gasteiger partial charge < -0.3 is 18.3 Å². The zero-order valence-corrected chi connectivity index (χ0v) is 37.2. The number of ether oxygens (including phenoxy) is 2. The largest absolute Gasteiger partial charge is 0.469 e. The van der Waals surface area contributed by atoms with Crippen LogP contribution in [0.1, 0.15) is 65.5 Å². The number of halogens is 1. The van der Waals surface area contributed by atoms with Gasteiger partial charge in [0.05, 0.1) is 63.9 Å². The van der Waals surface area contributed by atoms with E-state index in [0.717, 1.165) is 33.9 Å². The van der Waals surface area contributed by atoms with Gasteiger partial charge in [0.1, 0.15) is 5.69 Å². The average Bonchev–Trinajstić information content (AvgIpc) is 3.82. The summed E-state index contributed by atoms with van der Waals surface area (Å²) >= 11 is 3.09. The summed E-state index contributed by atoms with van der Waals surface area (Å²) in [4.78, 5) is 30.4. The van der Waals surface area contributed by atoms with Crippen molar-refractivity contribution in [3.05, 3.63) is 72.3 Å². The Bertz CT molecular complexity index is 1700. The van der Waals surface area contributed by atoms with Gasteiger partial charge in [0.25, 0.3) is 0 Å². The molecule has 0 unspecified atom stereocenters. The van der Waals surface area contributed by atoms with Crippen LogP contribution < -0.4 is 0 Å². The molecule has 53 heavy (non-hydrogen) atoms. The van der Waals surface area contributed by atoms with Gasteiger partial charge in [-0.25, -0.2) is 0 Å². The number of H-pyrrole nitrogens is 1. The molecule has 4 aromatic rings. The molecule has 0 bridgehead atoms. The highest BCUT2D eigenvalue weighted by molar-refractivity contribution is 9.09. The zero-order chi connectivity index (χ0) is 39.9. The van der Waals surface area contributed by atoms with Gasteiger partial charge in [-0.05, 0) is 60.5 Å². The number of carbonyl (C=O) groups excluding carboxylic acids is 2. The fourth-order valence-electron chi connectivity index (χ4n) is 4.02. The summed E-state index contributed by atoms with van der Waals surface area (Å²) in [6, 6.07) is 11.8. The molecule has 292 valence electrons. The second kappa shape index (κ2) is 20.8. The van der Waals surface area contributed by atoms with E-state index in [9.17, 15) is 9.59 Å². The molecule has 0 aliphatic rings. The summed E-state index contributed by atoms with van der Waals surface area (Å²) in [5.74, 6) is -0.416. The Hall–Kier alpha value is -3.51. The SMILES string of the molecule is CC(C)(C)[Si](C)(C)OCc1cccnc1-c1ccn[nH]1.COC(=O)CCBr.COC(=O)CCn1ccc(-c2ncccc2CO[Si](C)(C)C(C)(C)C)n1. The van der Waals surface area contributed by atoms with Gasteiger partial charge in [0, 0.05) is 41.2 Å². The molecule has 0 amide bonds. The number of nitrogens with zero attached hydrogens (tertiary/aromatic N) is 5. The van der Waals surface area contributed by atoms with Crippen LogP contribution in [0.2, 0.25) is 36.3 Å². The highest BCUT2D eigenvalue weighted by Crippen LogP contribution is 2.38. The van der Waals surface area contributed by atoms with E-state index < -0.39 is 16.6 Å². The Balaban J connectivity index is 0.000000318. The van der Waals surface area contributed by atoms with Gasteiger partial charge in [-0.1, -0.05) is 69.6 Å². The maximum Gasteiger partial charge on any atom is 0.307 e. The lowest BCUT2D eigenvalue weighted by Gasteiger charge is -2.36. The van der Waals surface area contributed by atoms with Crippen LogP contribution in [0.15, 0.2) is 61.2 Å². The molecule has 12 nitrogen and oxygen atoms in total. The zero-order valence-electron chi connectivity index (χ0n) is 33.6. The van der Waals surface area contributed by atoms with E-state index in [2.05, 4.69) is 124 Å². The van der Waals surface area contributed by atoms with Crippen molar-refractivity contribution in [2.75, 3.05) is 19.5 Å². The maximum atomic E-state index is 11.3. The van der Waals surface area contributed by atoms with E-state index in [1.807, 2.05) is 36.5 Å². The van der Waals surface area contributed by atoms with E-state index in [1.54, 1.807) is 23.3 Å². The number of alkyl halides is 1. The number of carbonyl (C=O) groups is 2. The standard InChI is InChI=1S/C19H29N3O3Si.C15H23N3OSi.C4H7BrO2/c1-19(2,3)26(5,6)25-14-15-8-7-11-20-18(15)16-9-12-22(21-16)13-10-17(23)24-4;1-15(2,3)20(4,5)19-11-12-7-6-9-16-14(12)13-8-10-17-18-13;1-7-4(6)2-3-5/h7-9,11-12H,10,13-14H2,1-6H3;6-10H,11H2,1-5H3,(H,17,18);2-3H2,1H3. The van der Waals surface area contributed by atoms with E-state index in [4.69, 9.17) is 8.85 Å². The number of aromatic nitrogens is 6. The molecule has 0 radical (unpaired) electrons. The van der Waals surface area contributed by atoms with Gasteiger partial charge in [-0.2, -0.15) is 10.2 Å². The summed E-state index contributed by atoms with van der Waals surface area (Å²) in [7, 11) is -0.821. The van der Waals surface area contributed by atoms with Gasteiger partial charge in [-0.3, -0.25) is 29.3 Å². The van der Waals surface area contributed by atoms with Crippen LogP contribution in [0.3, 0.4) is 0 Å². The molecule has 0 aliphatic heterocycles. The van der Waals surface area contributed by atoms with Crippen LogP contribution in [0.25, 0.3) is 22.8 Å². The summed E-state index contributed by atoms with van der Waals surface area (Å²) in [5.41, 5.74) is 5.58. The Morgan fingerprint density at radius 2 is 1.26 bits per heavy atom. The number of aryl methyl sites for hydroxylation is 1. The first-order chi connectivity index (χ1) is 24.8. The minimum atomic E-state index is -1.84. The van der Waals surface area contributed by atoms with Crippen molar-refractivity contribution in [3.8, 4) is 22.8 Å². The molecule has 4 rings (SSSR count). The first kappa shape index (κ1) is 45.7. The number of nitrogens with one attached hydrogen (secondary N) is 1. The Morgan fingerprint density at radius 1 is 0.755 bits per heavy atom. The van der Waals surface area contributed by atoms with E-state index in [1.165, 1.54) is 14.2 Å². The molecule has 0 saturated heterocycles. The number of esters is 2. The second-order valence-electron chi connectivity index (χ2n) is 15.4. The van der Waals surface area contributed by atoms with Crippen molar-refractivity contribution in [2.24, 2.45) is 0 Å². The third-order valence-corrected chi connectivity index (χ3v) is 18.9. The van der Waals surface area contributed by atoms with E-state index in [0.29, 0.717) is 37.9 Å². The maximum absolute atomic E-state index is 11.3. The Morgan fingerprint density at radius 3 is 1.72 bits per heavy atom. The molecular weight excluding hydrogens is 773 g/mol. The highest BCUT2D eigenvalue weighted by atomic mass is 79.9. The Labute approximate surface area is 326 Å². The molecule has 0 aromatic carbocycles. The predicted octanol–water partition coefficient (Wildman–Crippen LogP) is 8.97.